The van der Waals surface area contributed by atoms with Gasteiger partial charge >= 0.3 is 0 Å². The molecule has 0 saturated carbocycles. The van der Waals surface area contributed by atoms with Crippen molar-refractivity contribution < 1.29 is 14.2 Å². The summed E-state index contributed by atoms with van der Waals surface area (Å²) in [5.41, 5.74) is 11.1. The number of hydrogen-bond donors (Lipinski definition) is 2. The number of hydrazone groups is 1. The Morgan fingerprint density at radius 2 is 1.81 bits per heavy atom. The molecule has 0 unspecified atom stereocenters. The minimum atomic E-state index is -0.578. The summed E-state index contributed by atoms with van der Waals surface area (Å²) in [4.78, 5) is 13.1. The Kier molecular flexibility index (Phi) is 6.86. The molecule has 0 atom stereocenters. The Bertz CT molecular complexity index is 1530. The first kappa shape index (κ1) is 23.7. The molecule has 0 aliphatic heterocycles. The number of carbonyl (C=O) groups is 1. The van der Waals surface area contributed by atoms with Crippen LogP contribution in [0, 0.1) is 0 Å². The number of amides is 1. The van der Waals surface area contributed by atoms with Gasteiger partial charge in [-0.1, -0.05) is 59.3 Å². The van der Waals surface area contributed by atoms with Crippen LogP contribution in [0.25, 0.3) is 17.1 Å². The van der Waals surface area contributed by atoms with Crippen LogP contribution in [-0.4, -0.2) is 37.4 Å². The Balaban J connectivity index is 1.29. The number of halogens is 1. The van der Waals surface area contributed by atoms with Crippen LogP contribution in [-0.2, 0) is 6.61 Å². The van der Waals surface area contributed by atoms with Crippen LogP contribution in [0.15, 0.2) is 88.6 Å². The molecule has 3 aromatic carbocycles. The minimum Gasteiger partial charge on any atom is -0.489 e. The molecule has 2 aromatic heterocycles. The molecule has 0 spiro atoms. The van der Waals surface area contributed by atoms with Gasteiger partial charge in [0.05, 0.1) is 6.21 Å². The van der Waals surface area contributed by atoms with E-state index < -0.39 is 5.91 Å². The second kappa shape index (κ2) is 10.7. The summed E-state index contributed by atoms with van der Waals surface area (Å²) >= 11 is 5.91. The third-order valence-electron chi connectivity index (χ3n) is 5.21. The maximum atomic E-state index is 13.1. The lowest BCUT2D eigenvalue weighted by Crippen LogP contribution is -2.22. The number of carbonyl (C=O) groups excluding carboxylic acids is 1. The molecule has 0 fully saturated rings. The molecule has 5 rings (SSSR count). The second-order valence-electron chi connectivity index (χ2n) is 7.72. The molecule has 0 radical (unpaired) electrons. The molecule has 37 heavy (non-hydrogen) atoms. The first-order valence-corrected chi connectivity index (χ1v) is 11.4. The van der Waals surface area contributed by atoms with Crippen LogP contribution in [0.5, 0.6) is 5.75 Å². The van der Waals surface area contributed by atoms with Gasteiger partial charge in [-0.3, -0.25) is 4.79 Å². The Labute approximate surface area is 215 Å². The van der Waals surface area contributed by atoms with E-state index in [0.717, 1.165) is 15.8 Å². The molecule has 12 heteroatoms. The molecule has 0 bridgehead atoms. The maximum absolute atomic E-state index is 13.1. The summed E-state index contributed by atoms with van der Waals surface area (Å²) in [6, 6.07) is 23.8. The van der Waals surface area contributed by atoms with Crippen molar-refractivity contribution in [3.05, 3.63) is 101 Å². The average Bonchev–Trinajstić information content (AvgIpc) is 3.55. The van der Waals surface area contributed by atoms with Gasteiger partial charge in [0.15, 0.2) is 5.69 Å². The monoisotopic (exact) mass is 514 g/mol. The van der Waals surface area contributed by atoms with Gasteiger partial charge in [0, 0.05) is 10.6 Å². The van der Waals surface area contributed by atoms with Gasteiger partial charge in [-0.05, 0) is 57.8 Å². The predicted octanol–water partition coefficient (Wildman–Crippen LogP) is 3.90. The van der Waals surface area contributed by atoms with Crippen molar-refractivity contribution in [1.29, 1.82) is 0 Å². The third kappa shape index (κ3) is 5.46. The fourth-order valence-electron chi connectivity index (χ4n) is 3.38. The molecule has 5 aromatic rings. The third-order valence-corrected chi connectivity index (χ3v) is 5.46. The molecule has 0 saturated heterocycles. The number of anilines is 1. The highest BCUT2D eigenvalue weighted by molar-refractivity contribution is 6.30. The maximum Gasteiger partial charge on any atom is 0.292 e. The van der Waals surface area contributed by atoms with Crippen molar-refractivity contribution in [2.45, 2.75) is 6.61 Å². The molecular weight excluding hydrogens is 496 g/mol. The van der Waals surface area contributed by atoms with E-state index in [9.17, 15) is 4.79 Å². The molecule has 0 aliphatic carbocycles. The number of nitrogen functional groups attached to an aromatic ring is 1. The highest BCUT2D eigenvalue weighted by Gasteiger charge is 2.25. The summed E-state index contributed by atoms with van der Waals surface area (Å²) < 4.78 is 11.6. The van der Waals surface area contributed by atoms with E-state index in [4.69, 9.17) is 22.1 Å². The van der Waals surface area contributed by atoms with Gasteiger partial charge in [0.1, 0.15) is 18.1 Å². The van der Waals surface area contributed by atoms with E-state index in [1.54, 1.807) is 12.1 Å². The van der Waals surface area contributed by atoms with E-state index in [2.05, 4.69) is 35.8 Å². The fourth-order valence-corrected chi connectivity index (χ4v) is 3.50. The van der Waals surface area contributed by atoms with Gasteiger partial charge in [-0.25, -0.2) is 10.1 Å². The zero-order chi connectivity index (χ0) is 25.6. The van der Waals surface area contributed by atoms with Gasteiger partial charge in [-0.2, -0.15) is 9.78 Å². The van der Waals surface area contributed by atoms with Crippen molar-refractivity contribution in [2.24, 2.45) is 5.10 Å². The van der Waals surface area contributed by atoms with Crippen LogP contribution < -0.4 is 15.9 Å². The van der Waals surface area contributed by atoms with Crippen LogP contribution >= 0.6 is 11.6 Å². The van der Waals surface area contributed by atoms with E-state index in [1.807, 2.05) is 66.7 Å². The van der Waals surface area contributed by atoms with E-state index in [-0.39, 0.29) is 17.3 Å². The van der Waals surface area contributed by atoms with Crippen LogP contribution in [0.2, 0.25) is 5.02 Å². The van der Waals surface area contributed by atoms with Crippen molar-refractivity contribution in [1.82, 2.24) is 30.7 Å². The molecule has 1 amide bonds. The lowest BCUT2D eigenvalue weighted by atomic mass is 10.1. The van der Waals surface area contributed by atoms with Crippen LogP contribution in [0.4, 0.5) is 5.82 Å². The standard InChI is InChI=1S/C25H19ClN8O3/c26-19-10-6-17(7-11-19)15-36-20-12-8-16(9-13-20)14-28-30-25(35)22-21(18-4-2-1-3-5-18)29-33-34(22)24-23(27)31-37-32-24/h1-14H,15H2,(H2,27,31)(H,30,35). The Hall–Kier alpha value is -5.03. The van der Waals surface area contributed by atoms with Crippen molar-refractivity contribution in [3.8, 4) is 22.8 Å². The first-order chi connectivity index (χ1) is 18.1. The van der Waals surface area contributed by atoms with Crippen LogP contribution in [0.3, 0.4) is 0 Å². The van der Waals surface area contributed by atoms with Crippen molar-refractivity contribution >= 4 is 29.5 Å². The highest BCUT2D eigenvalue weighted by atomic mass is 35.5. The number of hydrogen-bond acceptors (Lipinski definition) is 9. The Morgan fingerprint density at radius 3 is 2.51 bits per heavy atom. The summed E-state index contributed by atoms with van der Waals surface area (Å²) in [5.74, 6) is 0.112. The fraction of sp³-hybridized carbons (Fsp3) is 0.0400. The second-order valence-corrected chi connectivity index (χ2v) is 8.16. The molecular formula is C25H19ClN8O3. The van der Waals surface area contributed by atoms with E-state index >= 15 is 0 Å². The molecule has 11 nitrogen and oxygen atoms in total. The normalized spacial score (nSPS) is 11.1. The van der Waals surface area contributed by atoms with Gasteiger partial charge < -0.3 is 10.5 Å². The number of ether oxygens (including phenoxy) is 1. The summed E-state index contributed by atoms with van der Waals surface area (Å²) in [6.45, 7) is 0.414. The molecule has 184 valence electrons. The smallest absolute Gasteiger partial charge is 0.292 e. The van der Waals surface area contributed by atoms with Gasteiger partial charge in [-0.15, -0.1) is 5.10 Å². The first-order valence-electron chi connectivity index (χ1n) is 11.0. The Morgan fingerprint density at radius 1 is 1.05 bits per heavy atom. The SMILES string of the molecule is Nc1nonc1-n1nnc(-c2ccccc2)c1C(=O)NN=Cc1ccc(OCc2ccc(Cl)cc2)cc1. The zero-order valence-corrected chi connectivity index (χ0v) is 19.9. The van der Waals surface area contributed by atoms with Crippen molar-refractivity contribution in [2.75, 3.05) is 5.73 Å². The quantitative estimate of drug-likeness (QED) is 0.234. The number of aromatic nitrogens is 5. The average molecular weight is 515 g/mol. The lowest BCUT2D eigenvalue weighted by Gasteiger charge is -2.07. The number of nitrogens with two attached hydrogens (primary N) is 1. The molecule has 2 heterocycles. The molecule has 3 N–H and O–H groups in total. The number of nitrogens with zero attached hydrogens (tertiary/aromatic N) is 6. The topological polar surface area (TPSA) is 146 Å². The number of nitrogens with one attached hydrogen (secondary N) is 1. The number of rotatable bonds is 8. The lowest BCUT2D eigenvalue weighted by molar-refractivity contribution is 0.0948. The number of benzene rings is 3. The van der Waals surface area contributed by atoms with Gasteiger partial charge in [0.2, 0.25) is 11.6 Å². The van der Waals surface area contributed by atoms with E-state index in [0.29, 0.717) is 28.6 Å². The zero-order valence-electron chi connectivity index (χ0n) is 19.2. The predicted molar refractivity (Wildman–Crippen MR) is 136 cm³/mol. The largest absolute Gasteiger partial charge is 0.489 e. The molecule has 0 aliphatic rings. The van der Waals surface area contributed by atoms with Crippen molar-refractivity contribution in [3.63, 3.8) is 0 Å². The summed E-state index contributed by atoms with van der Waals surface area (Å²) in [5, 5.41) is 20.2. The van der Waals surface area contributed by atoms with Crippen LogP contribution in [0.1, 0.15) is 21.6 Å². The summed E-state index contributed by atoms with van der Waals surface area (Å²) in [6.07, 6.45) is 1.50. The highest BCUT2D eigenvalue weighted by Crippen LogP contribution is 2.24. The van der Waals surface area contributed by atoms with E-state index in [1.165, 1.54) is 6.21 Å². The summed E-state index contributed by atoms with van der Waals surface area (Å²) in [7, 11) is 0. The minimum absolute atomic E-state index is 0.0398. The van der Waals surface area contributed by atoms with Gasteiger partial charge in [0.25, 0.3) is 5.91 Å².